The van der Waals surface area contributed by atoms with Crippen LogP contribution < -0.4 is 21.1 Å². The molecule has 194 valence electrons. The summed E-state index contributed by atoms with van der Waals surface area (Å²) in [5.74, 6) is 0.903. The summed E-state index contributed by atoms with van der Waals surface area (Å²) in [4.78, 5) is 25.2. The second kappa shape index (κ2) is 11.4. The first-order valence-electron chi connectivity index (χ1n) is 11.8. The number of hydrogen-bond donors (Lipinski definition) is 3. The highest BCUT2D eigenvalue weighted by molar-refractivity contribution is 6.31. The van der Waals surface area contributed by atoms with Gasteiger partial charge in [-0.2, -0.15) is 0 Å². The number of benzene rings is 3. The number of ether oxygens (including phenoxy) is 1. The normalized spacial score (nSPS) is 10.6. The van der Waals surface area contributed by atoms with E-state index in [2.05, 4.69) is 25.6 Å². The molecule has 0 atom stereocenters. The van der Waals surface area contributed by atoms with E-state index in [-0.39, 0.29) is 6.01 Å². The molecule has 10 heteroatoms. The van der Waals surface area contributed by atoms with Crippen molar-refractivity contribution in [2.45, 2.75) is 6.92 Å². The molecule has 0 bridgehead atoms. The molecule has 0 spiro atoms. The van der Waals surface area contributed by atoms with Crippen LogP contribution in [-0.2, 0) is 0 Å². The number of carbonyl (C=O) groups excluding carboxylic acids is 1. The van der Waals surface area contributed by atoms with Crippen LogP contribution in [0.5, 0.6) is 11.8 Å². The molecule has 0 aliphatic heterocycles. The molecule has 3 aromatic carbocycles. The number of nitrogens with two attached hydrogens (primary N) is 1. The number of halogens is 2. The third-order valence-electron chi connectivity index (χ3n) is 5.81. The Morgan fingerprint density at radius 2 is 1.54 bits per heavy atom. The summed E-state index contributed by atoms with van der Waals surface area (Å²) in [5, 5.41) is 6.59. The van der Waals surface area contributed by atoms with E-state index in [1.807, 2.05) is 49.4 Å². The van der Waals surface area contributed by atoms with Gasteiger partial charge in [0.2, 0.25) is 0 Å². The Balaban J connectivity index is 1.24. The zero-order valence-corrected chi connectivity index (χ0v) is 22.2. The molecule has 0 fully saturated rings. The van der Waals surface area contributed by atoms with Gasteiger partial charge < -0.3 is 21.1 Å². The quantitative estimate of drug-likeness (QED) is 0.196. The van der Waals surface area contributed by atoms with E-state index in [1.165, 1.54) is 18.6 Å². The van der Waals surface area contributed by atoms with Gasteiger partial charge >= 0.3 is 12.0 Å². The fourth-order valence-electron chi connectivity index (χ4n) is 3.94. The number of hydrogen-bond acceptors (Lipinski definition) is 6. The summed E-state index contributed by atoms with van der Waals surface area (Å²) < 4.78 is 5.73. The Morgan fingerprint density at radius 1 is 0.795 bits per heavy atom. The summed E-state index contributed by atoms with van der Waals surface area (Å²) in [6.07, 6.45) is 4.40. The minimum absolute atomic E-state index is 0.120. The lowest BCUT2D eigenvalue weighted by Gasteiger charge is -2.14. The van der Waals surface area contributed by atoms with Gasteiger partial charge in [0.1, 0.15) is 11.6 Å². The predicted molar refractivity (Wildman–Crippen MR) is 155 cm³/mol. The predicted octanol–water partition coefficient (Wildman–Crippen LogP) is 7.84. The first-order chi connectivity index (χ1) is 18.9. The molecule has 0 radical (unpaired) electrons. The van der Waals surface area contributed by atoms with Gasteiger partial charge in [-0.1, -0.05) is 65.7 Å². The maximum Gasteiger partial charge on any atom is 0.323 e. The minimum atomic E-state index is -0.463. The molecule has 0 saturated carbocycles. The van der Waals surface area contributed by atoms with Crippen LogP contribution in [0, 0.1) is 6.92 Å². The number of aromatic nitrogens is 3. The van der Waals surface area contributed by atoms with Gasteiger partial charge in [0.05, 0.1) is 28.8 Å². The largest absolute Gasteiger partial charge is 0.424 e. The summed E-state index contributed by atoms with van der Waals surface area (Å²) in [5.41, 5.74) is 11.4. The number of nitrogens with one attached hydrogen (secondary N) is 2. The van der Waals surface area contributed by atoms with Gasteiger partial charge in [0.25, 0.3) is 0 Å². The summed E-state index contributed by atoms with van der Waals surface area (Å²) in [7, 11) is 0. The van der Waals surface area contributed by atoms with Crippen molar-refractivity contribution in [1.29, 1.82) is 0 Å². The Labute approximate surface area is 234 Å². The van der Waals surface area contributed by atoms with Crippen molar-refractivity contribution in [3.05, 3.63) is 107 Å². The Hall–Kier alpha value is -4.66. The third-order valence-corrected chi connectivity index (χ3v) is 6.25. The average Bonchev–Trinajstić information content (AvgIpc) is 2.92. The first-order valence-corrected chi connectivity index (χ1v) is 12.6. The maximum absolute atomic E-state index is 12.8. The average molecular weight is 557 g/mol. The summed E-state index contributed by atoms with van der Waals surface area (Å²) in [6.45, 7) is 2.01. The smallest absolute Gasteiger partial charge is 0.323 e. The van der Waals surface area contributed by atoms with Crippen molar-refractivity contribution in [2.75, 3.05) is 16.4 Å². The van der Waals surface area contributed by atoms with E-state index in [4.69, 9.17) is 33.7 Å². The molecule has 2 heterocycles. The molecule has 5 rings (SSSR count). The third kappa shape index (κ3) is 6.26. The highest BCUT2D eigenvalue weighted by Gasteiger charge is 2.12. The SMILES string of the molecule is Cc1ccccc1-c1ccc(Cl)cc1NC(=O)Nc1cnc(Oc2ccc(-c3cc(Cl)cnc3N)cc2)nc1. The van der Waals surface area contributed by atoms with Crippen LogP contribution in [0.2, 0.25) is 10.0 Å². The van der Waals surface area contributed by atoms with Gasteiger partial charge in [0, 0.05) is 22.3 Å². The molecular formula is C29H22Cl2N6O2. The topological polar surface area (TPSA) is 115 Å². The summed E-state index contributed by atoms with van der Waals surface area (Å²) in [6, 6.07) is 21.9. The number of urea groups is 1. The molecule has 0 unspecified atom stereocenters. The maximum atomic E-state index is 12.8. The Kier molecular flexibility index (Phi) is 7.58. The van der Waals surface area contributed by atoms with Crippen molar-refractivity contribution in [2.24, 2.45) is 0 Å². The van der Waals surface area contributed by atoms with Gasteiger partial charge in [-0.25, -0.2) is 19.7 Å². The highest BCUT2D eigenvalue weighted by atomic mass is 35.5. The Bertz CT molecular complexity index is 1640. The van der Waals surface area contributed by atoms with Crippen LogP contribution in [0.3, 0.4) is 0 Å². The second-order valence-corrected chi connectivity index (χ2v) is 9.42. The van der Waals surface area contributed by atoms with E-state index >= 15 is 0 Å². The highest BCUT2D eigenvalue weighted by Crippen LogP contribution is 2.33. The molecule has 0 aliphatic carbocycles. The van der Waals surface area contributed by atoms with Gasteiger partial charge in [-0.15, -0.1) is 0 Å². The lowest BCUT2D eigenvalue weighted by molar-refractivity contribution is 0.262. The van der Waals surface area contributed by atoms with Crippen LogP contribution in [0.4, 0.5) is 22.0 Å². The van der Waals surface area contributed by atoms with Crippen molar-refractivity contribution in [3.63, 3.8) is 0 Å². The van der Waals surface area contributed by atoms with E-state index in [0.717, 1.165) is 27.8 Å². The van der Waals surface area contributed by atoms with Crippen molar-refractivity contribution < 1.29 is 9.53 Å². The fraction of sp³-hybridized carbons (Fsp3) is 0.0345. The van der Waals surface area contributed by atoms with Crippen molar-refractivity contribution >= 4 is 46.4 Å². The van der Waals surface area contributed by atoms with Gasteiger partial charge in [-0.3, -0.25) is 0 Å². The molecule has 2 amide bonds. The first kappa shape index (κ1) is 26.0. The van der Waals surface area contributed by atoms with Crippen LogP contribution in [0.1, 0.15) is 5.56 Å². The number of amides is 2. The van der Waals surface area contributed by atoms with E-state index in [0.29, 0.717) is 33.0 Å². The molecule has 39 heavy (non-hydrogen) atoms. The minimum Gasteiger partial charge on any atom is -0.424 e. The molecule has 5 aromatic rings. The van der Waals surface area contributed by atoms with E-state index in [9.17, 15) is 4.79 Å². The molecular weight excluding hydrogens is 535 g/mol. The van der Waals surface area contributed by atoms with Gasteiger partial charge in [-0.05, 0) is 53.9 Å². The summed E-state index contributed by atoms with van der Waals surface area (Å²) >= 11 is 12.2. The van der Waals surface area contributed by atoms with Gasteiger partial charge in [0.15, 0.2) is 0 Å². The van der Waals surface area contributed by atoms with Crippen LogP contribution in [0.25, 0.3) is 22.3 Å². The van der Waals surface area contributed by atoms with Crippen LogP contribution in [0.15, 0.2) is 91.4 Å². The second-order valence-electron chi connectivity index (χ2n) is 8.55. The van der Waals surface area contributed by atoms with Crippen molar-refractivity contribution in [3.8, 4) is 34.0 Å². The Morgan fingerprint density at radius 3 is 2.28 bits per heavy atom. The molecule has 2 aromatic heterocycles. The number of aryl methyl sites for hydroxylation is 1. The van der Waals surface area contributed by atoms with Crippen molar-refractivity contribution in [1.82, 2.24) is 15.0 Å². The molecule has 4 N–H and O–H groups in total. The number of nitrogens with zero attached hydrogens (tertiary/aromatic N) is 3. The number of carbonyl (C=O) groups is 1. The lowest BCUT2D eigenvalue weighted by Crippen LogP contribution is -2.20. The monoisotopic (exact) mass is 556 g/mol. The van der Waals surface area contributed by atoms with Crippen LogP contribution >= 0.6 is 23.2 Å². The zero-order valence-electron chi connectivity index (χ0n) is 20.7. The van der Waals surface area contributed by atoms with E-state index in [1.54, 1.807) is 30.3 Å². The number of nitrogen functional groups attached to an aromatic ring is 1. The fourth-order valence-corrected chi connectivity index (χ4v) is 4.27. The number of rotatable bonds is 6. The van der Waals surface area contributed by atoms with E-state index < -0.39 is 6.03 Å². The molecule has 0 saturated heterocycles. The molecule has 8 nitrogen and oxygen atoms in total. The molecule has 0 aliphatic rings. The number of pyridine rings is 1. The van der Waals surface area contributed by atoms with Crippen LogP contribution in [-0.4, -0.2) is 21.0 Å². The standard InChI is InChI=1S/C29H22Cl2N6O2/c1-17-4-2-3-5-23(17)24-11-8-19(30)13-26(24)37-28(38)36-21-15-34-29(35-16-21)39-22-9-6-18(7-10-22)25-12-20(31)14-33-27(25)32/h2-16H,1H3,(H2,32,33)(H2,36,37,38). The zero-order chi connectivity index (χ0) is 27.4. The number of anilines is 3. The lowest BCUT2D eigenvalue weighted by atomic mass is 9.99.